The summed E-state index contributed by atoms with van der Waals surface area (Å²) in [6.07, 6.45) is 0.757. The molecule has 1 rings (SSSR count). The summed E-state index contributed by atoms with van der Waals surface area (Å²) in [7, 11) is 0. The number of nitrogens with one attached hydrogen (secondary N) is 1. The Morgan fingerprint density at radius 1 is 0.938 bits per heavy atom. The highest BCUT2D eigenvalue weighted by Gasteiger charge is 2.32. The third kappa shape index (κ3) is 2.13. The topological polar surface area (TPSA) is 15.8 Å². The largest absolute Gasteiger partial charge is 0.356 e. The zero-order valence-corrected chi connectivity index (χ0v) is 11.0. The van der Waals surface area contributed by atoms with Gasteiger partial charge >= 0.3 is 0 Å². The van der Waals surface area contributed by atoms with Crippen LogP contribution in [0.15, 0.2) is 0 Å². The summed E-state index contributed by atoms with van der Waals surface area (Å²) >= 11 is 0. The molecule has 0 spiro atoms. The lowest BCUT2D eigenvalue weighted by Gasteiger charge is -2.22. The molecule has 1 N–H and O–H groups in total. The van der Waals surface area contributed by atoms with Crippen LogP contribution in [0, 0.1) is 11.6 Å². The summed E-state index contributed by atoms with van der Waals surface area (Å²) in [6, 6.07) is 0. The van der Waals surface area contributed by atoms with Crippen molar-refractivity contribution in [3.8, 4) is 0 Å². The molecule has 0 bridgehead atoms. The Morgan fingerprint density at radius 3 is 1.69 bits per heavy atom. The van der Waals surface area contributed by atoms with Gasteiger partial charge in [0, 0.05) is 10.8 Å². The highest BCUT2D eigenvalue weighted by atomic mass is 19.2. The predicted octanol–water partition coefficient (Wildman–Crippen LogP) is 4.28. The monoisotopic (exact) mass is 229 g/mol. The summed E-state index contributed by atoms with van der Waals surface area (Å²) in [5.41, 5.74) is -0.0551. The number of halogens is 2. The van der Waals surface area contributed by atoms with E-state index in [0.717, 1.165) is 6.42 Å². The van der Waals surface area contributed by atoms with Crippen LogP contribution in [0.3, 0.4) is 0 Å². The first-order chi connectivity index (χ1) is 7.11. The van der Waals surface area contributed by atoms with Crippen LogP contribution in [0.25, 0.3) is 0 Å². The highest BCUT2D eigenvalue weighted by molar-refractivity contribution is 5.28. The molecule has 0 aliphatic carbocycles. The maximum absolute atomic E-state index is 13.8. The van der Waals surface area contributed by atoms with Crippen molar-refractivity contribution < 1.29 is 8.78 Å². The lowest BCUT2D eigenvalue weighted by Crippen LogP contribution is -2.19. The van der Waals surface area contributed by atoms with Crippen LogP contribution in [0.5, 0.6) is 0 Å². The van der Waals surface area contributed by atoms with Gasteiger partial charge in [-0.05, 0) is 6.42 Å². The number of aromatic nitrogens is 1. The van der Waals surface area contributed by atoms with Gasteiger partial charge in [0.15, 0.2) is 11.6 Å². The van der Waals surface area contributed by atoms with E-state index in [-0.39, 0.29) is 5.41 Å². The van der Waals surface area contributed by atoms with Crippen LogP contribution in [0.1, 0.15) is 59.4 Å². The molecule has 0 aromatic carbocycles. The second-order valence-corrected chi connectivity index (χ2v) is 5.99. The van der Waals surface area contributed by atoms with E-state index in [1.807, 2.05) is 41.5 Å². The molecule has 0 saturated carbocycles. The molecule has 0 fully saturated rings. The average Bonchev–Trinajstić information content (AvgIpc) is 2.44. The molecule has 1 nitrogen and oxygen atoms in total. The summed E-state index contributed by atoms with van der Waals surface area (Å²) in [5, 5.41) is 0. The normalized spacial score (nSPS) is 13.2. The quantitative estimate of drug-likeness (QED) is 0.779. The Hall–Kier alpha value is -0.860. The number of rotatable bonds is 2. The molecule has 0 amide bonds. The molecule has 3 heteroatoms. The Bertz CT molecular complexity index is 383. The van der Waals surface area contributed by atoms with Crippen molar-refractivity contribution in [1.29, 1.82) is 0 Å². The highest BCUT2D eigenvalue weighted by Crippen LogP contribution is 2.34. The molecular weight excluding hydrogens is 208 g/mol. The van der Waals surface area contributed by atoms with Gasteiger partial charge in [0.05, 0.1) is 11.4 Å². The minimum atomic E-state index is -0.732. The van der Waals surface area contributed by atoms with Crippen LogP contribution in [0.2, 0.25) is 0 Å². The standard InChI is InChI=1S/C13H21F2N/c1-7-13(5,6)11-9(15)8(14)10(16-11)12(2,3)4/h16H,7H2,1-6H3. The summed E-state index contributed by atoms with van der Waals surface area (Å²) < 4.78 is 27.6. The van der Waals surface area contributed by atoms with E-state index in [1.165, 1.54) is 0 Å². The Morgan fingerprint density at radius 2 is 1.38 bits per heavy atom. The van der Waals surface area contributed by atoms with Gasteiger partial charge < -0.3 is 4.98 Å². The van der Waals surface area contributed by atoms with Crippen molar-refractivity contribution in [3.63, 3.8) is 0 Å². The van der Waals surface area contributed by atoms with Crippen molar-refractivity contribution in [2.24, 2.45) is 0 Å². The second-order valence-electron chi connectivity index (χ2n) is 5.99. The molecule has 0 aliphatic rings. The predicted molar refractivity (Wildman–Crippen MR) is 62.7 cm³/mol. The molecule has 92 valence electrons. The Kier molecular flexibility index (Phi) is 3.19. The zero-order chi connectivity index (χ0) is 12.7. The van der Waals surface area contributed by atoms with Gasteiger partial charge in [-0.3, -0.25) is 0 Å². The van der Waals surface area contributed by atoms with Gasteiger partial charge in [0.1, 0.15) is 0 Å². The number of hydrogen-bond donors (Lipinski definition) is 1. The molecule has 0 radical (unpaired) electrons. The van der Waals surface area contributed by atoms with E-state index in [0.29, 0.717) is 11.4 Å². The third-order valence-electron chi connectivity index (χ3n) is 3.19. The minimum absolute atomic E-state index is 0.349. The van der Waals surface area contributed by atoms with Crippen molar-refractivity contribution in [2.75, 3.05) is 0 Å². The molecule has 1 heterocycles. The van der Waals surface area contributed by atoms with E-state index in [2.05, 4.69) is 4.98 Å². The zero-order valence-electron chi connectivity index (χ0n) is 11.0. The molecule has 1 aromatic heterocycles. The Labute approximate surface area is 96.3 Å². The number of H-pyrrole nitrogens is 1. The van der Waals surface area contributed by atoms with Crippen molar-refractivity contribution >= 4 is 0 Å². The Balaban J connectivity index is 3.37. The van der Waals surface area contributed by atoms with Crippen molar-refractivity contribution in [3.05, 3.63) is 23.0 Å². The lowest BCUT2D eigenvalue weighted by molar-refractivity contribution is 0.438. The van der Waals surface area contributed by atoms with Crippen molar-refractivity contribution in [1.82, 2.24) is 4.98 Å². The fourth-order valence-electron chi connectivity index (χ4n) is 1.61. The molecule has 16 heavy (non-hydrogen) atoms. The second kappa shape index (κ2) is 3.86. The summed E-state index contributed by atoms with van der Waals surface area (Å²) in [5.74, 6) is -1.46. The fourth-order valence-corrected chi connectivity index (χ4v) is 1.61. The van der Waals surface area contributed by atoms with E-state index in [9.17, 15) is 8.78 Å². The van der Waals surface area contributed by atoms with Gasteiger partial charge in [-0.2, -0.15) is 0 Å². The van der Waals surface area contributed by atoms with E-state index in [1.54, 1.807) is 0 Å². The first kappa shape index (κ1) is 13.2. The first-order valence-corrected chi connectivity index (χ1v) is 5.69. The maximum Gasteiger partial charge on any atom is 0.180 e. The third-order valence-corrected chi connectivity index (χ3v) is 3.19. The van der Waals surface area contributed by atoms with Crippen molar-refractivity contribution in [2.45, 2.75) is 58.8 Å². The van der Waals surface area contributed by atoms with Crippen LogP contribution in [-0.2, 0) is 10.8 Å². The van der Waals surface area contributed by atoms with Crippen LogP contribution in [-0.4, -0.2) is 4.98 Å². The van der Waals surface area contributed by atoms with Gasteiger partial charge in [0.25, 0.3) is 0 Å². The van der Waals surface area contributed by atoms with Gasteiger partial charge in [-0.15, -0.1) is 0 Å². The first-order valence-electron chi connectivity index (χ1n) is 5.69. The van der Waals surface area contributed by atoms with E-state index >= 15 is 0 Å². The molecule has 0 unspecified atom stereocenters. The van der Waals surface area contributed by atoms with Crippen LogP contribution < -0.4 is 0 Å². The fraction of sp³-hybridized carbons (Fsp3) is 0.692. The maximum atomic E-state index is 13.8. The summed E-state index contributed by atoms with van der Waals surface area (Å²) in [6.45, 7) is 11.4. The average molecular weight is 229 g/mol. The SMILES string of the molecule is CCC(C)(C)c1[nH]c(C(C)(C)C)c(F)c1F. The molecule has 0 aliphatic heterocycles. The molecule has 0 atom stereocenters. The van der Waals surface area contributed by atoms with Gasteiger partial charge in [-0.25, -0.2) is 8.78 Å². The molecule has 1 aromatic rings. The smallest absolute Gasteiger partial charge is 0.180 e. The van der Waals surface area contributed by atoms with E-state index < -0.39 is 17.0 Å². The van der Waals surface area contributed by atoms with E-state index in [4.69, 9.17) is 0 Å². The van der Waals surface area contributed by atoms with Crippen LogP contribution >= 0.6 is 0 Å². The number of aromatic amines is 1. The lowest BCUT2D eigenvalue weighted by atomic mass is 9.86. The van der Waals surface area contributed by atoms with Gasteiger partial charge in [-0.1, -0.05) is 41.5 Å². The van der Waals surface area contributed by atoms with Crippen LogP contribution in [0.4, 0.5) is 8.78 Å². The summed E-state index contributed by atoms with van der Waals surface area (Å²) in [4.78, 5) is 2.93. The molecular formula is C13H21F2N. The van der Waals surface area contributed by atoms with Gasteiger partial charge in [0.2, 0.25) is 0 Å². The number of hydrogen-bond acceptors (Lipinski definition) is 0. The minimum Gasteiger partial charge on any atom is -0.356 e. The molecule has 0 saturated heterocycles.